The number of nitrogens with zero attached hydrogens (tertiary/aromatic N) is 2. The molecular formula is C14H15N5O3. The molecule has 1 aromatic carbocycles. The molecule has 1 aromatic heterocycles. The van der Waals surface area contributed by atoms with Gasteiger partial charge in [0, 0.05) is 48.1 Å². The van der Waals surface area contributed by atoms with E-state index in [1.54, 1.807) is 19.1 Å². The minimum Gasteiger partial charge on any atom is -0.320 e. The van der Waals surface area contributed by atoms with Crippen LogP contribution in [0.15, 0.2) is 18.2 Å². The number of amides is 1. The first-order valence-corrected chi connectivity index (χ1v) is 6.89. The highest BCUT2D eigenvalue weighted by Crippen LogP contribution is 2.23. The molecule has 0 unspecified atom stereocenters. The van der Waals surface area contributed by atoms with E-state index >= 15 is 0 Å². The van der Waals surface area contributed by atoms with Crippen molar-refractivity contribution in [3.05, 3.63) is 50.8 Å². The van der Waals surface area contributed by atoms with E-state index in [-0.39, 0.29) is 11.6 Å². The van der Waals surface area contributed by atoms with Crippen molar-refractivity contribution < 1.29 is 9.72 Å². The number of benzene rings is 1. The molecule has 1 aliphatic heterocycles. The van der Waals surface area contributed by atoms with E-state index < -0.39 is 4.92 Å². The Labute approximate surface area is 126 Å². The van der Waals surface area contributed by atoms with Crippen molar-refractivity contribution in [1.82, 2.24) is 15.5 Å². The standard InChI is InChI=1S/C14H15N5O3/c1-8-2-3-9(6-12(8)19(21)22)16-14(20)13-10-7-15-5-4-11(10)17-18-13/h2-3,6,15H,4-5,7H2,1H3,(H,16,20)(H,17,18). The Morgan fingerprint density at radius 3 is 3.05 bits per heavy atom. The summed E-state index contributed by atoms with van der Waals surface area (Å²) >= 11 is 0. The van der Waals surface area contributed by atoms with Crippen LogP contribution in [-0.2, 0) is 13.0 Å². The highest BCUT2D eigenvalue weighted by atomic mass is 16.6. The van der Waals surface area contributed by atoms with Gasteiger partial charge in [-0.2, -0.15) is 5.10 Å². The fraction of sp³-hybridized carbons (Fsp3) is 0.286. The van der Waals surface area contributed by atoms with Crippen LogP contribution in [0.1, 0.15) is 27.3 Å². The van der Waals surface area contributed by atoms with Crippen molar-refractivity contribution in [2.45, 2.75) is 19.9 Å². The molecule has 0 fully saturated rings. The van der Waals surface area contributed by atoms with Gasteiger partial charge in [-0.1, -0.05) is 6.07 Å². The van der Waals surface area contributed by atoms with Crippen molar-refractivity contribution in [3.8, 4) is 0 Å². The monoisotopic (exact) mass is 301 g/mol. The first kappa shape index (κ1) is 14.2. The smallest absolute Gasteiger partial charge is 0.276 e. The molecule has 2 heterocycles. The second-order valence-electron chi connectivity index (χ2n) is 5.17. The number of aromatic amines is 1. The Kier molecular flexibility index (Phi) is 3.60. The number of rotatable bonds is 3. The zero-order valence-electron chi connectivity index (χ0n) is 12.0. The largest absolute Gasteiger partial charge is 0.320 e. The van der Waals surface area contributed by atoms with Crippen LogP contribution in [0.3, 0.4) is 0 Å². The number of hydrogen-bond donors (Lipinski definition) is 3. The lowest BCUT2D eigenvalue weighted by Crippen LogP contribution is -2.25. The first-order valence-electron chi connectivity index (χ1n) is 6.89. The van der Waals surface area contributed by atoms with Crippen molar-refractivity contribution in [2.75, 3.05) is 11.9 Å². The van der Waals surface area contributed by atoms with Crippen LogP contribution in [0.4, 0.5) is 11.4 Å². The second-order valence-corrected chi connectivity index (χ2v) is 5.17. The molecule has 0 saturated heterocycles. The van der Waals surface area contributed by atoms with Gasteiger partial charge in [-0.15, -0.1) is 0 Å². The van der Waals surface area contributed by atoms with Crippen molar-refractivity contribution in [2.24, 2.45) is 0 Å². The first-order chi connectivity index (χ1) is 10.6. The maximum atomic E-state index is 12.3. The number of carbonyl (C=O) groups is 1. The molecule has 0 bridgehead atoms. The maximum Gasteiger partial charge on any atom is 0.276 e. The molecule has 0 spiro atoms. The van der Waals surface area contributed by atoms with Crippen LogP contribution in [0.5, 0.6) is 0 Å². The van der Waals surface area contributed by atoms with Gasteiger partial charge in [-0.25, -0.2) is 0 Å². The number of hydrogen-bond acceptors (Lipinski definition) is 5. The average molecular weight is 301 g/mol. The third-order valence-electron chi connectivity index (χ3n) is 3.69. The molecule has 8 heteroatoms. The summed E-state index contributed by atoms with van der Waals surface area (Å²) < 4.78 is 0. The minimum absolute atomic E-state index is 0.0245. The van der Waals surface area contributed by atoms with Crippen molar-refractivity contribution in [3.63, 3.8) is 0 Å². The Morgan fingerprint density at radius 2 is 2.27 bits per heavy atom. The maximum absolute atomic E-state index is 12.3. The fourth-order valence-electron chi connectivity index (χ4n) is 2.49. The third-order valence-corrected chi connectivity index (χ3v) is 3.69. The lowest BCUT2D eigenvalue weighted by Gasteiger charge is -2.12. The summed E-state index contributed by atoms with van der Waals surface area (Å²) in [5.74, 6) is -0.376. The fourth-order valence-corrected chi connectivity index (χ4v) is 2.49. The highest BCUT2D eigenvalue weighted by Gasteiger charge is 2.22. The van der Waals surface area contributed by atoms with E-state index in [2.05, 4.69) is 20.8 Å². The lowest BCUT2D eigenvalue weighted by atomic mass is 10.1. The number of nitro groups is 1. The number of aryl methyl sites for hydroxylation is 1. The van der Waals surface area contributed by atoms with Gasteiger partial charge in [0.25, 0.3) is 11.6 Å². The van der Waals surface area contributed by atoms with Crippen LogP contribution >= 0.6 is 0 Å². The molecule has 114 valence electrons. The number of carbonyl (C=O) groups excluding carboxylic acids is 1. The summed E-state index contributed by atoms with van der Waals surface area (Å²) in [4.78, 5) is 22.8. The van der Waals surface area contributed by atoms with Crippen molar-refractivity contribution in [1.29, 1.82) is 0 Å². The highest BCUT2D eigenvalue weighted by molar-refractivity contribution is 6.04. The summed E-state index contributed by atoms with van der Waals surface area (Å²) in [6.45, 7) is 3.09. The van der Waals surface area contributed by atoms with Gasteiger partial charge >= 0.3 is 0 Å². The van der Waals surface area contributed by atoms with E-state index in [1.807, 2.05) is 0 Å². The van der Waals surface area contributed by atoms with E-state index in [0.29, 0.717) is 23.5 Å². The average Bonchev–Trinajstić information content (AvgIpc) is 2.93. The van der Waals surface area contributed by atoms with Gasteiger partial charge in [0.1, 0.15) is 0 Å². The molecule has 3 N–H and O–H groups in total. The van der Waals surface area contributed by atoms with Crippen LogP contribution < -0.4 is 10.6 Å². The number of fused-ring (bicyclic) bond motifs is 1. The van der Waals surface area contributed by atoms with Crippen LogP contribution in [0.25, 0.3) is 0 Å². The van der Waals surface area contributed by atoms with Gasteiger partial charge in [-0.05, 0) is 13.0 Å². The molecule has 0 saturated carbocycles. The van der Waals surface area contributed by atoms with E-state index in [9.17, 15) is 14.9 Å². The van der Waals surface area contributed by atoms with Crippen LogP contribution in [0.2, 0.25) is 0 Å². The molecular weight excluding hydrogens is 286 g/mol. The van der Waals surface area contributed by atoms with E-state index in [1.165, 1.54) is 6.07 Å². The number of nitro benzene ring substituents is 1. The summed E-state index contributed by atoms with van der Waals surface area (Å²) in [7, 11) is 0. The number of anilines is 1. The summed E-state index contributed by atoms with van der Waals surface area (Å²) in [6.07, 6.45) is 0.797. The van der Waals surface area contributed by atoms with Gasteiger partial charge < -0.3 is 10.6 Å². The molecule has 0 atom stereocenters. The molecule has 1 amide bonds. The zero-order chi connectivity index (χ0) is 15.7. The molecule has 0 aliphatic carbocycles. The van der Waals surface area contributed by atoms with E-state index in [0.717, 1.165) is 24.2 Å². The van der Waals surface area contributed by atoms with Gasteiger partial charge in [0.05, 0.1) is 4.92 Å². The SMILES string of the molecule is Cc1ccc(NC(=O)c2n[nH]c3c2CNCC3)cc1[N+](=O)[O-]. The van der Waals surface area contributed by atoms with Crippen LogP contribution in [-0.4, -0.2) is 27.6 Å². The number of H-pyrrole nitrogens is 1. The molecule has 0 radical (unpaired) electrons. The van der Waals surface area contributed by atoms with Gasteiger partial charge in [0.2, 0.25) is 0 Å². The number of aromatic nitrogens is 2. The predicted molar refractivity (Wildman–Crippen MR) is 79.8 cm³/mol. The van der Waals surface area contributed by atoms with Crippen LogP contribution in [0, 0.1) is 17.0 Å². The minimum atomic E-state index is -0.467. The quantitative estimate of drug-likeness (QED) is 0.587. The summed E-state index contributed by atoms with van der Waals surface area (Å²) in [6, 6.07) is 4.59. The Bertz CT molecular complexity index is 753. The van der Waals surface area contributed by atoms with Crippen molar-refractivity contribution >= 4 is 17.3 Å². The molecule has 1 aliphatic rings. The van der Waals surface area contributed by atoms with Gasteiger partial charge in [0.15, 0.2) is 5.69 Å². The second kappa shape index (κ2) is 5.57. The normalized spacial score (nSPS) is 13.5. The summed E-state index contributed by atoms with van der Waals surface area (Å²) in [5.41, 5.74) is 3.03. The Balaban J connectivity index is 1.84. The topological polar surface area (TPSA) is 113 Å². The predicted octanol–water partition coefficient (Wildman–Crippen LogP) is 1.52. The molecule has 22 heavy (non-hydrogen) atoms. The molecule has 2 aromatic rings. The van der Waals surface area contributed by atoms with Gasteiger partial charge in [-0.3, -0.25) is 20.0 Å². The zero-order valence-corrected chi connectivity index (χ0v) is 12.0. The van der Waals surface area contributed by atoms with E-state index in [4.69, 9.17) is 0 Å². The molecule has 3 rings (SSSR count). The number of nitrogens with one attached hydrogen (secondary N) is 3. The Morgan fingerprint density at radius 1 is 1.45 bits per heavy atom. The Hall–Kier alpha value is -2.74. The lowest BCUT2D eigenvalue weighted by molar-refractivity contribution is -0.385. The third kappa shape index (κ3) is 2.56. The molecule has 8 nitrogen and oxygen atoms in total. The summed E-state index contributed by atoms with van der Waals surface area (Å²) in [5, 5.41) is 23.7.